The first-order valence-corrected chi connectivity index (χ1v) is 6.06. The number of hydrogen-bond acceptors (Lipinski definition) is 7. The number of esters is 1. The van der Waals surface area contributed by atoms with Crippen LogP contribution in [0.2, 0.25) is 0 Å². The lowest BCUT2D eigenvalue weighted by molar-refractivity contribution is -0.385. The maximum absolute atomic E-state index is 11.7. The molecule has 1 rings (SSSR count). The summed E-state index contributed by atoms with van der Waals surface area (Å²) in [5.41, 5.74) is -0.505. The molecule has 0 radical (unpaired) electrons. The maximum Gasteiger partial charge on any atom is 0.325 e. The Morgan fingerprint density at radius 1 is 1.41 bits per heavy atom. The van der Waals surface area contributed by atoms with Gasteiger partial charge in [-0.2, -0.15) is 0 Å². The van der Waals surface area contributed by atoms with E-state index in [1.807, 2.05) is 0 Å². The quantitative estimate of drug-likeness (QED) is 0.310. The number of nitrogens with zero attached hydrogens (tertiary/aromatic N) is 2. The average molecular weight is 310 g/mol. The van der Waals surface area contributed by atoms with E-state index in [-0.39, 0.29) is 17.9 Å². The predicted molar refractivity (Wildman–Crippen MR) is 73.6 cm³/mol. The second-order valence-electron chi connectivity index (χ2n) is 4.21. The molecule has 0 atom stereocenters. The number of likely N-dealkylation sites (N-methyl/N-ethyl adjacent to an activating group) is 1. The van der Waals surface area contributed by atoms with Gasteiger partial charge in [-0.1, -0.05) is 0 Å². The molecule has 0 aromatic heterocycles. The largest absolute Gasteiger partial charge is 0.484 e. The summed E-state index contributed by atoms with van der Waals surface area (Å²) in [5, 5.41) is 10.8. The first-order valence-electron chi connectivity index (χ1n) is 6.06. The second kappa shape index (κ2) is 7.72. The molecule has 1 aromatic carbocycles. The van der Waals surface area contributed by atoms with Gasteiger partial charge < -0.3 is 14.4 Å². The summed E-state index contributed by atoms with van der Waals surface area (Å²) < 4.78 is 9.55. The summed E-state index contributed by atoms with van der Waals surface area (Å²) in [6.45, 7) is -0.645. The Kier molecular flexibility index (Phi) is 5.99. The van der Waals surface area contributed by atoms with Gasteiger partial charge in [0.2, 0.25) is 0 Å². The van der Waals surface area contributed by atoms with Crippen LogP contribution in [-0.4, -0.2) is 55.3 Å². The Labute approximate surface area is 125 Å². The third kappa shape index (κ3) is 4.54. The molecule has 0 aliphatic carbocycles. The van der Waals surface area contributed by atoms with Crippen LogP contribution >= 0.6 is 0 Å². The zero-order valence-electron chi connectivity index (χ0n) is 12.0. The number of aldehydes is 1. The molecule has 0 spiro atoms. The van der Waals surface area contributed by atoms with Crippen LogP contribution in [0.4, 0.5) is 5.69 Å². The zero-order valence-corrected chi connectivity index (χ0v) is 12.0. The van der Waals surface area contributed by atoms with E-state index in [2.05, 4.69) is 4.74 Å². The van der Waals surface area contributed by atoms with Crippen LogP contribution in [0.1, 0.15) is 10.4 Å². The van der Waals surface area contributed by atoms with Gasteiger partial charge in [-0.15, -0.1) is 0 Å². The number of carbonyl (C=O) groups is 3. The highest BCUT2D eigenvalue weighted by molar-refractivity contribution is 5.83. The summed E-state index contributed by atoms with van der Waals surface area (Å²) in [4.78, 5) is 44.6. The lowest BCUT2D eigenvalue weighted by Crippen LogP contribution is -2.35. The molecule has 1 amide bonds. The summed E-state index contributed by atoms with van der Waals surface area (Å²) in [6, 6.07) is 3.62. The monoisotopic (exact) mass is 310 g/mol. The van der Waals surface area contributed by atoms with Crippen LogP contribution in [0.25, 0.3) is 0 Å². The van der Waals surface area contributed by atoms with E-state index in [1.165, 1.54) is 26.3 Å². The van der Waals surface area contributed by atoms with Crippen LogP contribution < -0.4 is 4.74 Å². The summed E-state index contributed by atoms with van der Waals surface area (Å²) >= 11 is 0. The Balaban J connectivity index is 2.70. The molecule has 0 heterocycles. The fourth-order valence-electron chi connectivity index (χ4n) is 1.47. The third-order valence-corrected chi connectivity index (χ3v) is 2.71. The van der Waals surface area contributed by atoms with Gasteiger partial charge in [-0.3, -0.25) is 24.5 Å². The molecule has 118 valence electrons. The topological polar surface area (TPSA) is 116 Å². The number of nitro groups is 1. The number of nitro benzene ring substituents is 1. The number of rotatable bonds is 7. The van der Waals surface area contributed by atoms with E-state index in [0.29, 0.717) is 6.29 Å². The molecular weight excluding hydrogens is 296 g/mol. The third-order valence-electron chi connectivity index (χ3n) is 2.71. The Bertz CT molecular complexity index is 600. The molecule has 0 N–H and O–H groups in total. The fourth-order valence-corrected chi connectivity index (χ4v) is 1.47. The average Bonchev–Trinajstić information content (AvgIpc) is 2.51. The predicted octanol–water partition coefficient (Wildman–Crippen LogP) is 0.417. The normalized spacial score (nSPS) is 9.73. The molecule has 0 saturated heterocycles. The van der Waals surface area contributed by atoms with Crippen molar-refractivity contribution in [3.8, 4) is 5.75 Å². The zero-order chi connectivity index (χ0) is 16.7. The highest BCUT2D eigenvalue weighted by Crippen LogP contribution is 2.23. The fraction of sp³-hybridized carbons (Fsp3) is 0.308. The molecule has 0 unspecified atom stereocenters. The Morgan fingerprint density at radius 3 is 2.64 bits per heavy atom. The molecule has 0 fully saturated rings. The molecule has 9 heteroatoms. The SMILES string of the molecule is COC(=O)CN(C)C(=O)COc1ccc(C=O)c([N+](=O)[O-])c1. The molecule has 0 bridgehead atoms. The molecular formula is C13H14N2O7. The lowest BCUT2D eigenvalue weighted by atomic mass is 10.2. The minimum absolute atomic E-state index is 0.0668. The summed E-state index contributed by atoms with van der Waals surface area (Å²) in [6.07, 6.45) is 0.358. The van der Waals surface area contributed by atoms with Crippen LogP contribution in [0.5, 0.6) is 5.75 Å². The standard InChI is InChI=1S/C13H14N2O7/c1-14(6-13(18)21-2)12(17)8-22-10-4-3-9(7-16)11(5-10)15(19)20/h3-5,7H,6,8H2,1-2H3. The van der Waals surface area contributed by atoms with Gasteiger partial charge in [-0.25, -0.2) is 0 Å². The van der Waals surface area contributed by atoms with Crippen LogP contribution in [0.3, 0.4) is 0 Å². The minimum atomic E-state index is -0.720. The first kappa shape index (κ1) is 17.1. The van der Waals surface area contributed by atoms with Gasteiger partial charge in [0.15, 0.2) is 12.9 Å². The van der Waals surface area contributed by atoms with Gasteiger partial charge in [0, 0.05) is 7.05 Å². The molecule has 0 aliphatic heterocycles. The van der Waals surface area contributed by atoms with E-state index < -0.39 is 29.1 Å². The molecule has 22 heavy (non-hydrogen) atoms. The van der Waals surface area contributed by atoms with Crippen molar-refractivity contribution in [2.45, 2.75) is 0 Å². The van der Waals surface area contributed by atoms with Crippen molar-refractivity contribution in [3.05, 3.63) is 33.9 Å². The van der Waals surface area contributed by atoms with Crippen molar-refractivity contribution in [2.24, 2.45) is 0 Å². The lowest BCUT2D eigenvalue weighted by Gasteiger charge is -2.15. The first-order chi connectivity index (χ1) is 10.4. The van der Waals surface area contributed by atoms with Gasteiger partial charge >= 0.3 is 5.97 Å². The van der Waals surface area contributed by atoms with Gasteiger partial charge in [0.25, 0.3) is 11.6 Å². The van der Waals surface area contributed by atoms with E-state index in [9.17, 15) is 24.5 Å². The molecule has 0 aliphatic rings. The molecule has 0 saturated carbocycles. The van der Waals surface area contributed by atoms with Crippen molar-refractivity contribution < 1.29 is 28.8 Å². The molecule has 1 aromatic rings. The van der Waals surface area contributed by atoms with Crippen LogP contribution in [-0.2, 0) is 14.3 Å². The number of ether oxygens (including phenoxy) is 2. The maximum atomic E-state index is 11.7. The number of carbonyl (C=O) groups excluding carboxylic acids is 3. The Morgan fingerprint density at radius 2 is 2.09 bits per heavy atom. The van der Waals surface area contributed by atoms with Crippen molar-refractivity contribution in [1.29, 1.82) is 0 Å². The molecule has 9 nitrogen and oxygen atoms in total. The number of benzene rings is 1. The van der Waals surface area contributed by atoms with Gasteiger partial charge in [0.1, 0.15) is 12.3 Å². The number of amides is 1. The number of hydrogen-bond donors (Lipinski definition) is 0. The van der Waals surface area contributed by atoms with E-state index in [4.69, 9.17) is 4.74 Å². The van der Waals surface area contributed by atoms with Crippen molar-refractivity contribution in [2.75, 3.05) is 27.3 Å². The summed E-state index contributed by atoms with van der Waals surface area (Å²) in [5.74, 6) is -1.02. The number of methoxy groups -OCH3 is 1. The minimum Gasteiger partial charge on any atom is -0.484 e. The summed E-state index contributed by atoms with van der Waals surface area (Å²) in [7, 11) is 2.59. The smallest absolute Gasteiger partial charge is 0.325 e. The van der Waals surface area contributed by atoms with Crippen molar-refractivity contribution >= 4 is 23.9 Å². The van der Waals surface area contributed by atoms with Crippen LogP contribution in [0, 0.1) is 10.1 Å². The highest BCUT2D eigenvalue weighted by Gasteiger charge is 2.17. The van der Waals surface area contributed by atoms with Gasteiger partial charge in [-0.05, 0) is 12.1 Å². The van der Waals surface area contributed by atoms with E-state index >= 15 is 0 Å². The van der Waals surface area contributed by atoms with E-state index in [0.717, 1.165) is 11.0 Å². The van der Waals surface area contributed by atoms with E-state index in [1.54, 1.807) is 0 Å². The van der Waals surface area contributed by atoms with Crippen LogP contribution in [0.15, 0.2) is 18.2 Å². The van der Waals surface area contributed by atoms with Crippen molar-refractivity contribution in [3.63, 3.8) is 0 Å². The highest BCUT2D eigenvalue weighted by atomic mass is 16.6. The van der Waals surface area contributed by atoms with Crippen molar-refractivity contribution in [1.82, 2.24) is 4.90 Å². The van der Waals surface area contributed by atoms with Gasteiger partial charge in [0.05, 0.1) is 23.7 Å². The second-order valence-corrected chi connectivity index (χ2v) is 4.21. The Hall–Kier alpha value is -2.97.